The fraction of sp³-hybridized carbons (Fsp3) is 0.333. The van der Waals surface area contributed by atoms with E-state index in [-0.39, 0.29) is 11.6 Å². The monoisotopic (exact) mass is 259 g/mol. The van der Waals surface area contributed by atoms with Gasteiger partial charge in [-0.2, -0.15) is 0 Å². The molecule has 1 heterocycles. The second-order valence-corrected chi connectivity index (χ2v) is 5.10. The Hall–Kier alpha value is -2.10. The average molecular weight is 259 g/mol. The molecule has 100 valence electrons. The summed E-state index contributed by atoms with van der Waals surface area (Å²) in [6.45, 7) is 7.70. The quantitative estimate of drug-likeness (QED) is 0.860. The molecule has 4 nitrogen and oxygen atoms in total. The van der Waals surface area contributed by atoms with E-state index in [0.717, 1.165) is 22.8 Å². The molecule has 4 heteroatoms. The van der Waals surface area contributed by atoms with Gasteiger partial charge in [0.1, 0.15) is 0 Å². The first kappa shape index (κ1) is 13.3. The van der Waals surface area contributed by atoms with Crippen LogP contribution in [0, 0.1) is 13.8 Å². The maximum Gasteiger partial charge on any atom is 0.335 e. The molecular weight excluding hydrogens is 242 g/mol. The first-order chi connectivity index (χ1) is 8.88. The number of benzene rings is 1. The van der Waals surface area contributed by atoms with E-state index in [1.54, 1.807) is 19.2 Å². The Kier molecular flexibility index (Phi) is 3.18. The molecule has 1 aromatic carbocycles. The predicted molar refractivity (Wildman–Crippen MR) is 74.1 cm³/mol. The molecule has 0 saturated carbocycles. The summed E-state index contributed by atoms with van der Waals surface area (Å²) < 4.78 is 2.02. The molecule has 1 N–H and O–H groups in total. The molecule has 19 heavy (non-hydrogen) atoms. The molecule has 0 bridgehead atoms. The van der Waals surface area contributed by atoms with Crippen molar-refractivity contribution in [2.75, 3.05) is 0 Å². The molecule has 1 aromatic heterocycles. The molecule has 0 spiro atoms. The van der Waals surface area contributed by atoms with Gasteiger partial charge in [-0.3, -0.25) is 4.79 Å². The van der Waals surface area contributed by atoms with Crippen molar-refractivity contribution >= 4 is 23.2 Å². The molecule has 0 unspecified atom stereocenters. The summed E-state index contributed by atoms with van der Waals surface area (Å²) in [5.41, 5.74) is 3.27. The summed E-state index contributed by atoms with van der Waals surface area (Å²) in [7, 11) is 0. The van der Waals surface area contributed by atoms with Crippen LogP contribution in [0.2, 0.25) is 0 Å². The molecule has 2 aromatic rings. The lowest BCUT2D eigenvalue weighted by molar-refractivity contribution is 0.0696. The van der Waals surface area contributed by atoms with E-state index in [4.69, 9.17) is 0 Å². The van der Waals surface area contributed by atoms with Crippen molar-refractivity contribution < 1.29 is 14.7 Å². The average Bonchev–Trinajstić information content (AvgIpc) is 2.73. The molecule has 0 aliphatic carbocycles. The van der Waals surface area contributed by atoms with Gasteiger partial charge in [0, 0.05) is 23.2 Å². The van der Waals surface area contributed by atoms with Gasteiger partial charge >= 0.3 is 5.97 Å². The maximum absolute atomic E-state index is 11.3. The van der Waals surface area contributed by atoms with Crippen molar-refractivity contribution in [2.45, 2.75) is 33.7 Å². The van der Waals surface area contributed by atoms with Crippen LogP contribution in [0.25, 0.3) is 10.9 Å². The zero-order chi connectivity index (χ0) is 14.3. The first-order valence-electron chi connectivity index (χ1n) is 6.21. The van der Waals surface area contributed by atoms with E-state index in [0.29, 0.717) is 11.1 Å². The van der Waals surface area contributed by atoms with Gasteiger partial charge in [0.15, 0.2) is 6.29 Å². The lowest BCUT2D eigenvalue weighted by Crippen LogP contribution is -2.04. The number of carbonyl (C=O) groups is 2. The number of carboxylic acid groups (broad SMARTS) is 1. The van der Waals surface area contributed by atoms with Gasteiger partial charge in [0.25, 0.3) is 0 Å². The largest absolute Gasteiger partial charge is 0.478 e. The Morgan fingerprint density at radius 3 is 2.47 bits per heavy atom. The van der Waals surface area contributed by atoms with Gasteiger partial charge in [0.2, 0.25) is 0 Å². The summed E-state index contributed by atoms with van der Waals surface area (Å²) in [4.78, 5) is 22.5. The van der Waals surface area contributed by atoms with E-state index in [1.165, 1.54) is 0 Å². The SMILES string of the molecule is Cc1c(C(=O)O)cc(C)c2c1c(C=O)cn2C(C)C. The normalized spacial score (nSPS) is 11.2. The number of aromatic carboxylic acids is 1. The second kappa shape index (κ2) is 4.53. The highest BCUT2D eigenvalue weighted by Gasteiger charge is 2.19. The Labute approximate surface area is 111 Å². The predicted octanol–water partition coefficient (Wildman–Crippen LogP) is 3.35. The number of fused-ring (bicyclic) bond motifs is 1. The standard InChI is InChI=1S/C15H17NO3/c1-8(2)16-6-11(7-17)13-10(4)12(15(18)19)5-9(3)14(13)16/h5-8H,1-4H3,(H,18,19). The summed E-state index contributed by atoms with van der Waals surface area (Å²) in [6, 6.07) is 1.89. The minimum Gasteiger partial charge on any atom is -0.478 e. The molecule has 0 atom stereocenters. The Morgan fingerprint density at radius 2 is 2.00 bits per heavy atom. The topological polar surface area (TPSA) is 59.3 Å². The first-order valence-corrected chi connectivity index (χ1v) is 6.21. The fourth-order valence-corrected chi connectivity index (χ4v) is 2.59. The molecule has 0 amide bonds. The number of carbonyl (C=O) groups excluding carboxylic acids is 1. The third kappa shape index (κ3) is 1.93. The number of rotatable bonds is 3. The molecule has 0 aliphatic rings. The van der Waals surface area contributed by atoms with Crippen LogP contribution in [0.5, 0.6) is 0 Å². The maximum atomic E-state index is 11.3. The number of hydrogen-bond acceptors (Lipinski definition) is 2. The van der Waals surface area contributed by atoms with E-state index in [1.807, 2.05) is 25.3 Å². The van der Waals surface area contributed by atoms with Crippen LogP contribution in [0.3, 0.4) is 0 Å². The number of aryl methyl sites for hydroxylation is 2. The lowest BCUT2D eigenvalue weighted by atomic mass is 9.98. The van der Waals surface area contributed by atoms with Crippen molar-refractivity contribution in [2.24, 2.45) is 0 Å². The third-order valence-electron chi connectivity index (χ3n) is 3.49. The molecule has 0 radical (unpaired) electrons. The summed E-state index contributed by atoms with van der Waals surface area (Å²) in [5.74, 6) is -0.961. The van der Waals surface area contributed by atoms with E-state index >= 15 is 0 Å². The summed E-state index contributed by atoms with van der Waals surface area (Å²) in [5, 5.41) is 9.99. The van der Waals surface area contributed by atoms with Gasteiger partial charge in [-0.05, 0) is 44.9 Å². The van der Waals surface area contributed by atoms with E-state index < -0.39 is 5.97 Å². The van der Waals surface area contributed by atoms with Crippen LogP contribution in [0.4, 0.5) is 0 Å². The van der Waals surface area contributed by atoms with Crippen LogP contribution in [0.1, 0.15) is 51.7 Å². The zero-order valence-corrected chi connectivity index (χ0v) is 11.5. The van der Waals surface area contributed by atoms with Gasteiger partial charge in [-0.15, -0.1) is 0 Å². The fourth-order valence-electron chi connectivity index (χ4n) is 2.59. The van der Waals surface area contributed by atoms with Gasteiger partial charge in [0.05, 0.1) is 11.1 Å². The molecule has 2 rings (SSSR count). The van der Waals surface area contributed by atoms with Crippen molar-refractivity contribution in [3.8, 4) is 0 Å². The van der Waals surface area contributed by atoms with E-state index in [9.17, 15) is 14.7 Å². The molecule has 0 fully saturated rings. The van der Waals surface area contributed by atoms with Gasteiger partial charge in [-0.1, -0.05) is 0 Å². The Balaban J connectivity index is 2.99. The molecular formula is C15H17NO3. The molecule has 0 saturated heterocycles. The zero-order valence-electron chi connectivity index (χ0n) is 11.5. The highest BCUT2D eigenvalue weighted by atomic mass is 16.4. The van der Waals surface area contributed by atoms with Crippen molar-refractivity contribution in [3.05, 3.63) is 34.5 Å². The van der Waals surface area contributed by atoms with Crippen LogP contribution in [0.15, 0.2) is 12.3 Å². The number of aldehydes is 1. The number of carboxylic acids is 1. The van der Waals surface area contributed by atoms with Crippen LogP contribution in [-0.4, -0.2) is 21.9 Å². The number of nitrogens with zero attached hydrogens (tertiary/aromatic N) is 1. The van der Waals surface area contributed by atoms with Crippen LogP contribution < -0.4 is 0 Å². The minimum absolute atomic E-state index is 0.213. The van der Waals surface area contributed by atoms with Gasteiger partial charge < -0.3 is 9.67 Å². The number of hydrogen-bond donors (Lipinski definition) is 1. The van der Waals surface area contributed by atoms with Crippen molar-refractivity contribution in [1.82, 2.24) is 4.57 Å². The highest BCUT2D eigenvalue weighted by Crippen LogP contribution is 2.31. The molecule has 0 aliphatic heterocycles. The van der Waals surface area contributed by atoms with Gasteiger partial charge in [-0.25, -0.2) is 4.79 Å². The third-order valence-corrected chi connectivity index (χ3v) is 3.49. The minimum atomic E-state index is -0.961. The smallest absolute Gasteiger partial charge is 0.335 e. The van der Waals surface area contributed by atoms with Crippen molar-refractivity contribution in [1.29, 1.82) is 0 Å². The van der Waals surface area contributed by atoms with Crippen molar-refractivity contribution in [3.63, 3.8) is 0 Å². The van der Waals surface area contributed by atoms with Crippen LogP contribution in [-0.2, 0) is 0 Å². The summed E-state index contributed by atoms with van der Waals surface area (Å²) in [6.07, 6.45) is 2.59. The Bertz CT molecular complexity index is 680. The lowest BCUT2D eigenvalue weighted by Gasteiger charge is -2.13. The van der Waals surface area contributed by atoms with E-state index in [2.05, 4.69) is 0 Å². The second-order valence-electron chi connectivity index (χ2n) is 5.10. The Morgan fingerprint density at radius 1 is 1.37 bits per heavy atom. The summed E-state index contributed by atoms with van der Waals surface area (Å²) >= 11 is 0. The highest BCUT2D eigenvalue weighted by molar-refractivity contribution is 6.05. The number of aromatic nitrogens is 1. The van der Waals surface area contributed by atoms with Crippen LogP contribution >= 0.6 is 0 Å².